The summed E-state index contributed by atoms with van der Waals surface area (Å²) in [4.78, 5) is 17.0. The Kier molecular flexibility index (Phi) is 8.39. The second-order valence-corrected chi connectivity index (χ2v) is 8.93. The van der Waals surface area contributed by atoms with Gasteiger partial charge in [0.1, 0.15) is 0 Å². The van der Waals surface area contributed by atoms with Gasteiger partial charge in [0.2, 0.25) is 5.91 Å². The van der Waals surface area contributed by atoms with Gasteiger partial charge in [0.25, 0.3) is 0 Å². The first-order chi connectivity index (χ1) is 16.3. The van der Waals surface area contributed by atoms with Gasteiger partial charge in [-0.25, -0.2) is 0 Å². The molecule has 0 saturated carbocycles. The van der Waals surface area contributed by atoms with E-state index in [-0.39, 0.29) is 5.91 Å². The Morgan fingerprint density at radius 3 is 2.26 bits per heavy atom. The van der Waals surface area contributed by atoms with Crippen LogP contribution in [0.3, 0.4) is 0 Å². The van der Waals surface area contributed by atoms with E-state index in [2.05, 4.69) is 42.2 Å². The van der Waals surface area contributed by atoms with Crippen molar-refractivity contribution in [1.82, 2.24) is 19.6 Å². The fourth-order valence-corrected chi connectivity index (χ4v) is 3.73. The van der Waals surface area contributed by atoms with Crippen LogP contribution in [0.25, 0.3) is 6.08 Å². The van der Waals surface area contributed by atoms with Crippen LogP contribution < -0.4 is 0 Å². The zero-order valence-electron chi connectivity index (χ0n) is 20.7. The number of hydrogen-bond acceptors (Lipinski definition) is 4. The Morgan fingerprint density at radius 1 is 1.00 bits per heavy atom. The molecule has 6 nitrogen and oxygen atoms in total. The lowest BCUT2D eigenvalue weighted by atomic mass is 10.1. The number of amides is 1. The maximum absolute atomic E-state index is 13.1. The van der Waals surface area contributed by atoms with E-state index < -0.39 is 0 Å². The van der Waals surface area contributed by atoms with Crippen molar-refractivity contribution in [3.63, 3.8) is 0 Å². The molecule has 0 N–H and O–H groups in total. The van der Waals surface area contributed by atoms with Gasteiger partial charge in [0.05, 0.1) is 23.9 Å². The van der Waals surface area contributed by atoms with Crippen molar-refractivity contribution in [3.8, 4) is 6.07 Å². The van der Waals surface area contributed by atoms with Crippen LogP contribution in [-0.2, 0) is 17.9 Å². The highest BCUT2D eigenvalue weighted by Crippen LogP contribution is 2.17. The summed E-state index contributed by atoms with van der Waals surface area (Å²) in [6.07, 6.45) is 3.53. The van der Waals surface area contributed by atoms with Crippen LogP contribution in [0.4, 0.5) is 0 Å². The van der Waals surface area contributed by atoms with Gasteiger partial charge in [0, 0.05) is 37.0 Å². The Balaban J connectivity index is 1.76. The summed E-state index contributed by atoms with van der Waals surface area (Å²) in [5.41, 5.74) is 6.96. The molecule has 3 aromatic rings. The average molecular weight is 456 g/mol. The van der Waals surface area contributed by atoms with Gasteiger partial charge >= 0.3 is 0 Å². The lowest BCUT2D eigenvalue weighted by Gasteiger charge is -2.23. The van der Waals surface area contributed by atoms with E-state index in [1.807, 2.05) is 55.7 Å². The van der Waals surface area contributed by atoms with Crippen LogP contribution in [0, 0.1) is 32.1 Å². The van der Waals surface area contributed by atoms with Crippen LogP contribution in [0.2, 0.25) is 0 Å². The number of aryl methyl sites for hydroxylation is 2. The molecule has 0 aliphatic carbocycles. The predicted octanol–water partition coefficient (Wildman–Crippen LogP) is 4.33. The Morgan fingerprint density at radius 2 is 1.65 bits per heavy atom. The minimum Gasteiger partial charge on any atom is -0.334 e. The molecular formula is C28H33N5O. The second kappa shape index (κ2) is 11.4. The SMILES string of the molecule is Cc1ccc(Cn2nc(C)c(C=CC(=O)N(CCN(C)C)Cc3ccc(C#N)cc3)c2C)cc1. The summed E-state index contributed by atoms with van der Waals surface area (Å²) in [6.45, 7) is 8.66. The van der Waals surface area contributed by atoms with E-state index in [1.54, 1.807) is 18.2 Å². The van der Waals surface area contributed by atoms with E-state index in [1.165, 1.54) is 11.1 Å². The average Bonchev–Trinajstić information content (AvgIpc) is 3.08. The van der Waals surface area contributed by atoms with Crippen molar-refractivity contribution < 1.29 is 4.79 Å². The molecule has 0 spiro atoms. The monoisotopic (exact) mass is 455 g/mol. The fraction of sp³-hybridized carbons (Fsp3) is 0.321. The number of rotatable bonds is 9. The van der Waals surface area contributed by atoms with E-state index in [0.717, 1.165) is 29.1 Å². The lowest BCUT2D eigenvalue weighted by Crippen LogP contribution is -2.35. The van der Waals surface area contributed by atoms with Crippen LogP contribution in [0.15, 0.2) is 54.6 Å². The van der Waals surface area contributed by atoms with Gasteiger partial charge in [-0.2, -0.15) is 10.4 Å². The molecule has 2 aromatic carbocycles. The largest absolute Gasteiger partial charge is 0.334 e. The van der Waals surface area contributed by atoms with Crippen LogP contribution in [0.1, 0.15) is 39.2 Å². The number of nitrogens with zero attached hydrogens (tertiary/aromatic N) is 5. The Labute approximate surface area is 202 Å². The molecule has 1 heterocycles. The molecule has 0 bridgehead atoms. The lowest BCUT2D eigenvalue weighted by molar-refractivity contribution is -0.126. The van der Waals surface area contributed by atoms with Crippen molar-refractivity contribution >= 4 is 12.0 Å². The molecule has 1 amide bonds. The highest BCUT2D eigenvalue weighted by molar-refractivity contribution is 5.92. The summed E-state index contributed by atoms with van der Waals surface area (Å²) in [7, 11) is 3.99. The molecule has 0 aliphatic heterocycles. The number of aromatic nitrogens is 2. The summed E-state index contributed by atoms with van der Waals surface area (Å²) < 4.78 is 1.99. The molecule has 0 fully saturated rings. The van der Waals surface area contributed by atoms with E-state index >= 15 is 0 Å². The summed E-state index contributed by atoms with van der Waals surface area (Å²) in [6, 6.07) is 18.0. The summed E-state index contributed by atoms with van der Waals surface area (Å²) in [5, 5.41) is 13.7. The predicted molar refractivity (Wildman–Crippen MR) is 136 cm³/mol. The topological polar surface area (TPSA) is 65.2 Å². The Hall–Kier alpha value is -3.69. The zero-order valence-corrected chi connectivity index (χ0v) is 20.7. The molecule has 0 unspecified atom stereocenters. The molecule has 3 rings (SSSR count). The first-order valence-electron chi connectivity index (χ1n) is 11.5. The third-order valence-corrected chi connectivity index (χ3v) is 5.87. The standard InChI is InChI=1S/C28H33N5O/c1-21-6-8-26(9-7-21)20-33-23(3)27(22(2)30-33)14-15-28(34)32(17-16-31(4)5)19-25-12-10-24(18-29)11-13-25/h6-15H,16-17,19-20H2,1-5H3. The maximum Gasteiger partial charge on any atom is 0.246 e. The smallest absolute Gasteiger partial charge is 0.246 e. The molecule has 0 aliphatic rings. The molecule has 0 atom stereocenters. The minimum absolute atomic E-state index is 0.0451. The number of hydrogen-bond donors (Lipinski definition) is 0. The molecule has 0 saturated heterocycles. The second-order valence-electron chi connectivity index (χ2n) is 8.93. The fourth-order valence-electron chi connectivity index (χ4n) is 3.73. The van der Waals surface area contributed by atoms with Crippen LogP contribution in [-0.4, -0.2) is 52.7 Å². The summed E-state index contributed by atoms with van der Waals surface area (Å²) in [5.74, 6) is -0.0451. The van der Waals surface area contributed by atoms with Crippen LogP contribution in [0.5, 0.6) is 0 Å². The Bertz CT molecular complexity index is 1180. The third-order valence-electron chi connectivity index (χ3n) is 5.87. The molecule has 34 heavy (non-hydrogen) atoms. The molecule has 1 aromatic heterocycles. The highest BCUT2D eigenvalue weighted by atomic mass is 16.2. The van der Waals surface area contributed by atoms with E-state index in [9.17, 15) is 4.79 Å². The molecule has 176 valence electrons. The quantitative estimate of drug-likeness (QED) is 0.451. The van der Waals surface area contributed by atoms with Gasteiger partial charge in [-0.15, -0.1) is 0 Å². The van der Waals surface area contributed by atoms with Gasteiger partial charge in [-0.1, -0.05) is 42.0 Å². The van der Waals surface area contributed by atoms with E-state index in [0.29, 0.717) is 25.2 Å². The van der Waals surface area contributed by atoms with Gasteiger partial charge < -0.3 is 9.80 Å². The first kappa shape index (κ1) is 24.9. The van der Waals surface area contributed by atoms with Gasteiger partial charge in [-0.3, -0.25) is 9.48 Å². The minimum atomic E-state index is -0.0451. The normalized spacial score (nSPS) is 11.2. The molecule has 0 radical (unpaired) electrons. The maximum atomic E-state index is 13.1. The van der Waals surface area contributed by atoms with Crippen LogP contribution >= 0.6 is 0 Å². The molecular weight excluding hydrogens is 422 g/mol. The number of nitriles is 1. The van der Waals surface area contributed by atoms with Gasteiger partial charge in [0.15, 0.2) is 0 Å². The third kappa shape index (κ3) is 6.66. The van der Waals surface area contributed by atoms with Gasteiger partial charge in [-0.05, 0) is 64.2 Å². The highest BCUT2D eigenvalue weighted by Gasteiger charge is 2.14. The number of benzene rings is 2. The zero-order chi connectivity index (χ0) is 24.7. The van der Waals surface area contributed by atoms with Crippen molar-refractivity contribution in [1.29, 1.82) is 5.26 Å². The van der Waals surface area contributed by atoms with Crippen molar-refractivity contribution in [3.05, 3.63) is 93.8 Å². The van der Waals surface area contributed by atoms with Crippen molar-refractivity contribution in [2.45, 2.75) is 33.9 Å². The van der Waals surface area contributed by atoms with E-state index in [4.69, 9.17) is 10.4 Å². The number of carbonyl (C=O) groups excluding carboxylic acids is 1. The van der Waals surface area contributed by atoms with Crippen molar-refractivity contribution in [2.75, 3.05) is 27.2 Å². The van der Waals surface area contributed by atoms with Crippen molar-refractivity contribution in [2.24, 2.45) is 0 Å². The molecule has 6 heteroatoms. The summed E-state index contributed by atoms with van der Waals surface area (Å²) >= 11 is 0. The first-order valence-corrected chi connectivity index (χ1v) is 11.5. The number of likely N-dealkylation sites (N-methyl/N-ethyl adjacent to an activating group) is 1. The number of carbonyl (C=O) groups is 1.